The number of pyridine rings is 1. The molecule has 1 aliphatic rings. The first-order valence-corrected chi connectivity index (χ1v) is 8.33. The number of aromatic amines is 1. The first kappa shape index (κ1) is 15.6. The fourth-order valence-electron chi connectivity index (χ4n) is 2.99. The third-order valence-corrected chi connectivity index (χ3v) is 4.53. The Kier molecular flexibility index (Phi) is 4.07. The summed E-state index contributed by atoms with van der Waals surface area (Å²) in [6, 6.07) is 9.27. The van der Waals surface area contributed by atoms with Gasteiger partial charge in [0.15, 0.2) is 0 Å². The number of carbonyl (C=O) groups is 1. The molecule has 1 aromatic carbocycles. The summed E-state index contributed by atoms with van der Waals surface area (Å²) in [4.78, 5) is 21.5. The van der Waals surface area contributed by atoms with Crippen LogP contribution in [-0.4, -0.2) is 59.2 Å². The summed E-state index contributed by atoms with van der Waals surface area (Å²) in [5.41, 5.74) is 2.24. The number of H-pyrrole nitrogens is 1. The number of likely N-dealkylation sites (N-methyl/N-ethyl adjacent to an activating group) is 1. The smallest absolute Gasteiger partial charge is 0.255 e. The van der Waals surface area contributed by atoms with Gasteiger partial charge in [-0.05, 0) is 37.4 Å². The van der Waals surface area contributed by atoms with Crippen molar-refractivity contribution >= 4 is 28.3 Å². The summed E-state index contributed by atoms with van der Waals surface area (Å²) in [6.07, 6.45) is 3.45. The number of carbonyl (C=O) groups excluding carboxylic acids is 1. The van der Waals surface area contributed by atoms with Gasteiger partial charge in [-0.3, -0.25) is 9.89 Å². The van der Waals surface area contributed by atoms with E-state index in [-0.39, 0.29) is 5.91 Å². The van der Waals surface area contributed by atoms with Gasteiger partial charge in [-0.1, -0.05) is 0 Å². The molecule has 2 aromatic heterocycles. The van der Waals surface area contributed by atoms with Crippen LogP contribution in [0.3, 0.4) is 0 Å². The first-order chi connectivity index (χ1) is 12.2. The third-order valence-electron chi connectivity index (χ3n) is 4.53. The van der Waals surface area contributed by atoms with Gasteiger partial charge in [-0.15, -0.1) is 0 Å². The summed E-state index contributed by atoms with van der Waals surface area (Å²) >= 11 is 0. The lowest BCUT2D eigenvalue weighted by molar-refractivity contribution is 0.102. The van der Waals surface area contributed by atoms with Gasteiger partial charge in [0.1, 0.15) is 5.82 Å². The summed E-state index contributed by atoms with van der Waals surface area (Å²) in [5.74, 6) is 0.710. The molecular formula is C18H20N6O. The van der Waals surface area contributed by atoms with E-state index in [1.54, 1.807) is 18.5 Å². The molecule has 0 saturated carbocycles. The van der Waals surface area contributed by atoms with Crippen molar-refractivity contribution in [1.82, 2.24) is 20.1 Å². The van der Waals surface area contributed by atoms with Crippen LogP contribution in [0.15, 0.2) is 42.7 Å². The summed E-state index contributed by atoms with van der Waals surface area (Å²) < 4.78 is 0. The van der Waals surface area contributed by atoms with E-state index in [0.29, 0.717) is 5.56 Å². The molecule has 0 aliphatic carbocycles. The molecule has 7 nitrogen and oxygen atoms in total. The molecule has 0 atom stereocenters. The molecule has 25 heavy (non-hydrogen) atoms. The second-order valence-electron chi connectivity index (χ2n) is 6.32. The molecule has 0 radical (unpaired) electrons. The number of fused-ring (bicyclic) bond motifs is 1. The Morgan fingerprint density at radius 3 is 2.84 bits per heavy atom. The summed E-state index contributed by atoms with van der Waals surface area (Å²) in [5, 5.41) is 10.8. The van der Waals surface area contributed by atoms with Crippen molar-refractivity contribution in [2.24, 2.45) is 0 Å². The maximum absolute atomic E-state index is 12.6. The number of nitrogens with zero attached hydrogens (tertiary/aromatic N) is 4. The van der Waals surface area contributed by atoms with Crippen molar-refractivity contribution in [2.75, 3.05) is 43.4 Å². The van der Waals surface area contributed by atoms with E-state index in [2.05, 4.69) is 37.3 Å². The molecule has 3 aromatic rings. The largest absolute Gasteiger partial charge is 0.354 e. The lowest BCUT2D eigenvalue weighted by Gasteiger charge is -2.33. The number of amides is 1. The Morgan fingerprint density at radius 1 is 1.16 bits per heavy atom. The highest BCUT2D eigenvalue weighted by Crippen LogP contribution is 2.19. The predicted molar refractivity (Wildman–Crippen MR) is 98.0 cm³/mol. The van der Waals surface area contributed by atoms with E-state index in [4.69, 9.17) is 0 Å². The van der Waals surface area contributed by atoms with E-state index in [1.165, 1.54) is 0 Å². The first-order valence-electron chi connectivity index (χ1n) is 8.33. The van der Waals surface area contributed by atoms with Crippen LogP contribution in [0.1, 0.15) is 10.4 Å². The van der Waals surface area contributed by atoms with Gasteiger partial charge in [0, 0.05) is 49.0 Å². The van der Waals surface area contributed by atoms with Gasteiger partial charge >= 0.3 is 0 Å². The Hall–Kier alpha value is -2.93. The van der Waals surface area contributed by atoms with Crippen molar-refractivity contribution < 1.29 is 4.79 Å². The monoisotopic (exact) mass is 336 g/mol. The number of rotatable bonds is 3. The average Bonchev–Trinajstić information content (AvgIpc) is 3.10. The number of piperazine rings is 1. The van der Waals surface area contributed by atoms with Crippen molar-refractivity contribution in [1.29, 1.82) is 0 Å². The van der Waals surface area contributed by atoms with Crippen LogP contribution in [0.5, 0.6) is 0 Å². The molecular weight excluding hydrogens is 316 g/mol. The highest BCUT2D eigenvalue weighted by Gasteiger charge is 2.16. The quantitative estimate of drug-likeness (QED) is 0.765. The minimum Gasteiger partial charge on any atom is -0.354 e. The lowest BCUT2D eigenvalue weighted by Crippen LogP contribution is -2.44. The van der Waals surface area contributed by atoms with Gasteiger partial charge in [-0.2, -0.15) is 5.10 Å². The number of hydrogen-bond donors (Lipinski definition) is 2. The van der Waals surface area contributed by atoms with Crippen molar-refractivity contribution in [2.45, 2.75) is 0 Å². The highest BCUT2D eigenvalue weighted by molar-refractivity contribution is 6.05. The fourth-order valence-corrected chi connectivity index (χ4v) is 2.99. The topological polar surface area (TPSA) is 77.1 Å². The van der Waals surface area contributed by atoms with Crippen LogP contribution in [0, 0.1) is 0 Å². The molecule has 4 rings (SSSR count). The van der Waals surface area contributed by atoms with Gasteiger partial charge in [0.25, 0.3) is 5.91 Å². The number of nitrogens with one attached hydrogen (secondary N) is 2. The lowest BCUT2D eigenvalue weighted by atomic mass is 10.2. The molecule has 2 N–H and O–H groups in total. The molecule has 1 amide bonds. The molecule has 0 spiro atoms. The zero-order valence-corrected chi connectivity index (χ0v) is 14.1. The van der Waals surface area contributed by atoms with Gasteiger partial charge in [0.2, 0.25) is 0 Å². The average molecular weight is 336 g/mol. The van der Waals surface area contributed by atoms with Crippen LogP contribution >= 0.6 is 0 Å². The van der Waals surface area contributed by atoms with E-state index in [0.717, 1.165) is 48.6 Å². The number of hydrogen-bond acceptors (Lipinski definition) is 5. The van der Waals surface area contributed by atoms with Crippen molar-refractivity contribution in [3.8, 4) is 0 Å². The molecule has 7 heteroatoms. The van der Waals surface area contributed by atoms with Crippen molar-refractivity contribution in [3.05, 3.63) is 48.3 Å². The van der Waals surface area contributed by atoms with E-state index in [1.807, 2.05) is 24.3 Å². The molecule has 128 valence electrons. The standard InChI is InChI=1S/C18H20N6O/c1-23-6-8-24(9-7-23)17-10-13(4-5-19-17)18(25)21-15-3-2-14-12-20-22-16(14)11-15/h2-5,10-12H,6-9H2,1H3,(H,20,22)(H,21,25). The van der Waals surface area contributed by atoms with Gasteiger partial charge in [-0.25, -0.2) is 4.98 Å². The van der Waals surface area contributed by atoms with E-state index >= 15 is 0 Å². The highest BCUT2D eigenvalue weighted by atomic mass is 16.1. The molecule has 1 saturated heterocycles. The number of aromatic nitrogens is 3. The molecule has 1 aliphatic heterocycles. The zero-order valence-electron chi connectivity index (χ0n) is 14.1. The second-order valence-corrected chi connectivity index (χ2v) is 6.32. The van der Waals surface area contributed by atoms with Crippen LogP contribution in [0.4, 0.5) is 11.5 Å². The van der Waals surface area contributed by atoms with E-state index < -0.39 is 0 Å². The van der Waals surface area contributed by atoms with Crippen molar-refractivity contribution in [3.63, 3.8) is 0 Å². The summed E-state index contributed by atoms with van der Waals surface area (Å²) in [7, 11) is 2.12. The Balaban J connectivity index is 1.50. The Labute approximate surface area is 145 Å². The number of anilines is 2. The van der Waals surface area contributed by atoms with Crippen LogP contribution in [0.25, 0.3) is 10.9 Å². The van der Waals surface area contributed by atoms with Crippen LogP contribution < -0.4 is 10.2 Å². The maximum atomic E-state index is 12.6. The van der Waals surface area contributed by atoms with E-state index in [9.17, 15) is 4.79 Å². The second kappa shape index (κ2) is 6.52. The predicted octanol–water partition coefficient (Wildman–Crippen LogP) is 1.96. The molecule has 1 fully saturated rings. The fraction of sp³-hybridized carbons (Fsp3) is 0.278. The Morgan fingerprint density at radius 2 is 2.00 bits per heavy atom. The minimum atomic E-state index is -0.142. The number of benzene rings is 1. The molecule has 0 unspecified atom stereocenters. The SMILES string of the molecule is CN1CCN(c2cc(C(=O)Nc3ccc4cn[nH]c4c3)ccn2)CC1. The Bertz CT molecular complexity index is 897. The molecule has 0 bridgehead atoms. The molecule has 3 heterocycles. The summed E-state index contributed by atoms with van der Waals surface area (Å²) in [6.45, 7) is 3.85. The zero-order chi connectivity index (χ0) is 17.2. The van der Waals surface area contributed by atoms with Crippen LogP contribution in [0.2, 0.25) is 0 Å². The van der Waals surface area contributed by atoms with Gasteiger partial charge in [0.05, 0.1) is 11.7 Å². The normalized spacial score (nSPS) is 15.5. The third kappa shape index (κ3) is 3.32. The maximum Gasteiger partial charge on any atom is 0.255 e. The van der Waals surface area contributed by atoms with Gasteiger partial charge < -0.3 is 15.1 Å². The minimum absolute atomic E-state index is 0.142. The van der Waals surface area contributed by atoms with Crippen LogP contribution in [-0.2, 0) is 0 Å².